The Labute approximate surface area is 198 Å². The van der Waals surface area contributed by atoms with Gasteiger partial charge >= 0.3 is 0 Å². The molecule has 2 aromatic rings. The van der Waals surface area contributed by atoms with Crippen molar-refractivity contribution >= 4 is 37.9 Å². The largest absolute Gasteiger partial charge is 0.392 e. The maximum Gasteiger partial charge on any atom is 0.280 e. The molecule has 0 radical (unpaired) electrons. The topological polar surface area (TPSA) is 116 Å². The van der Waals surface area contributed by atoms with Crippen LogP contribution in [0.3, 0.4) is 0 Å². The number of oxime groups is 1. The van der Waals surface area contributed by atoms with Gasteiger partial charge in [-0.25, -0.2) is 13.4 Å². The zero-order valence-electron chi connectivity index (χ0n) is 18.8. The van der Waals surface area contributed by atoms with E-state index in [1.807, 2.05) is 0 Å². The first-order valence-corrected chi connectivity index (χ1v) is 13.2. The fourth-order valence-corrected chi connectivity index (χ4v) is 5.47. The molecule has 0 saturated heterocycles. The molecule has 0 spiro atoms. The average molecular weight is 496 g/mol. The molecule has 33 heavy (non-hydrogen) atoms. The standard InChI is InChI=1S/C22H29N3O6S2/c1-29-12-5-13-33(27,28)19-10-8-16(9-11-19)20(25-31-17-6-3-4-7-17)21(26)24-22-23-14-18(32-22)15-30-2/h8-11,14,17H,3-7,12-13,15H2,1-2H3,(H,23,24,26). The Hall–Kier alpha value is -2.34. The lowest BCUT2D eigenvalue weighted by atomic mass is 10.1. The summed E-state index contributed by atoms with van der Waals surface area (Å²) in [5, 5.41) is 7.32. The first-order valence-electron chi connectivity index (χ1n) is 10.7. The minimum atomic E-state index is -3.44. The molecule has 0 atom stereocenters. The monoisotopic (exact) mass is 495 g/mol. The van der Waals surface area contributed by atoms with Crippen LogP contribution >= 0.6 is 11.3 Å². The summed E-state index contributed by atoms with van der Waals surface area (Å²) in [6.07, 6.45) is 5.94. The van der Waals surface area contributed by atoms with Gasteiger partial charge in [0, 0.05) is 32.6 Å². The van der Waals surface area contributed by atoms with Crippen molar-refractivity contribution in [3.8, 4) is 0 Å². The summed E-state index contributed by atoms with van der Waals surface area (Å²) in [4.78, 5) is 23.9. The molecule has 1 fully saturated rings. The van der Waals surface area contributed by atoms with Crippen LogP contribution in [0.15, 0.2) is 40.5 Å². The molecule has 1 aromatic carbocycles. The van der Waals surface area contributed by atoms with E-state index in [9.17, 15) is 13.2 Å². The smallest absolute Gasteiger partial charge is 0.280 e. The van der Waals surface area contributed by atoms with E-state index in [0.29, 0.717) is 30.3 Å². The summed E-state index contributed by atoms with van der Waals surface area (Å²) in [6.45, 7) is 0.773. The quantitative estimate of drug-likeness (QED) is 0.272. The number of aromatic nitrogens is 1. The highest BCUT2D eigenvalue weighted by Crippen LogP contribution is 2.23. The van der Waals surface area contributed by atoms with Crippen LogP contribution in [0.4, 0.5) is 5.13 Å². The number of hydrogen-bond acceptors (Lipinski definition) is 9. The third-order valence-electron chi connectivity index (χ3n) is 5.12. The van der Waals surface area contributed by atoms with Gasteiger partial charge < -0.3 is 14.3 Å². The van der Waals surface area contributed by atoms with Crippen molar-refractivity contribution < 1.29 is 27.5 Å². The Morgan fingerprint density at radius 2 is 1.91 bits per heavy atom. The van der Waals surface area contributed by atoms with Crippen LogP contribution in [0.1, 0.15) is 42.5 Å². The number of amides is 1. The molecule has 1 aliphatic carbocycles. The number of sulfone groups is 1. The van der Waals surface area contributed by atoms with Gasteiger partial charge in [0.1, 0.15) is 6.10 Å². The first kappa shape index (κ1) is 25.3. The number of thiazole rings is 1. The number of methoxy groups -OCH3 is 2. The number of rotatable bonds is 12. The van der Waals surface area contributed by atoms with Crippen LogP contribution in [0.5, 0.6) is 0 Å². The van der Waals surface area contributed by atoms with Crippen molar-refractivity contribution in [2.45, 2.75) is 49.7 Å². The number of ether oxygens (including phenoxy) is 2. The Balaban J connectivity index is 1.79. The highest BCUT2D eigenvalue weighted by molar-refractivity contribution is 7.91. The van der Waals surface area contributed by atoms with Crippen molar-refractivity contribution in [1.29, 1.82) is 0 Å². The van der Waals surface area contributed by atoms with E-state index in [0.717, 1.165) is 30.6 Å². The number of anilines is 1. The number of carbonyl (C=O) groups excluding carboxylic acids is 1. The molecule has 11 heteroatoms. The van der Waals surface area contributed by atoms with Crippen LogP contribution < -0.4 is 5.32 Å². The summed E-state index contributed by atoms with van der Waals surface area (Å²) in [5.74, 6) is -0.498. The van der Waals surface area contributed by atoms with Gasteiger partial charge in [-0.3, -0.25) is 10.1 Å². The second-order valence-corrected chi connectivity index (χ2v) is 10.9. The second kappa shape index (κ2) is 12.2. The van der Waals surface area contributed by atoms with E-state index in [2.05, 4.69) is 15.5 Å². The highest BCUT2D eigenvalue weighted by atomic mass is 32.2. The third kappa shape index (κ3) is 7.32. The molecular weight excluding hydrogens is 466 g/mol. The minimum absolute atomic E-state index is 0.0136. The first-order chi connectivity index (χ1) is 15.9. The third-order valence-corrected chi connectivity index (χ3v) is 7.82. The summed E-state index contributed by atoms with van der Waals surface area (Å²) in [6, 6.07) is 6.10. The molecule has 1 amide bonds. The van der Waals surface area contributed by atoms with Gasteiger partial charge in [0.05, 0.1) is 22.1 Å². The van der Waals surface area contributed by atoms with Gasteiger partial charge in [0.25, 0.3) is 5.91 Å². The molecule has 0 unspecified atom stereocenters. The van der Waals surface area contributed by atoms with Crippen molar-refractivity contribution in [2.75, 3.05) is 31.9 Å². The molecule has 1 heterocycles. The molecule has 0 bridgehead atoms. The van der Waals surface area contributed by atoms with Crippen LogP contribution in [-0.2, 0) is 35.5 Å². The maximum atomic E-state index is 13.0. The van der Waals surface area contributed by atoms with Gasteiger partial charge in [0.2, 0.25) is 0 Å². The lowest BCUT2D eigenvalue weighted by molar-refractivity contribution is -0.110. The molecule has 1 saturated carbocycles. The normalized spacial score (nSPS) is 15.0. The molecule has 1 aromatic heterocycles. The van der Waals surface area contributed by atoms with Crippen molar-refractivity contribution in [3.05, 3.63) is 40.9 Å². The summed E-state index contributed by atoms with van der Waals surface area (Å²) in [5.41, 5.74) is 0.517. The van der Waals surface area contributed by atoms with E-state index in [1.54, 1.807) is 25.4 Å². The predicted molar refractivity (Wildman–Crippen MR) is 126 cm³/mol. The molecule has 3 rings (SSSR count). The van der Waals surface area contributed by atoms with E-state index in [4.69, 9.17) is 14.3 Å². The number of hydrogen-bond donors (Lipinski definition) is 1. The number of nitrogens with one attached hydrogen (secondary N) is 1. The van der Waals surface area contributed by atoms with Gasteiger partial charge in [-0.05, 0) is 44.2 Å². The Bertz CT molecular complexity index is 1040. The van der Waals surface area contributed by atoms with Crippen molar-refractivity contribution in [2.24, 2.45) is 5.16 Å². The van der Waals surface area contributed by atoms with Crippen molar-refractivity contribution in [3.63, 3.8) is 0 Å². The summed E-state index contributed by atoms with van der Waals surface area (Å²) < 4.78 is 35.0. The SMILES string of the molecule is COCCCS(=O)(=O)c1ccc(C(=NOC2CCCC2)C(=O)Nc2ncc(COC)s2)cc1. The van der Waals surface area contributed by atoms with Crippen LogP contribution in [0.25, 0.3) is 0 Å². The molecular formula is C22H29N3O6S2. The lowest BCUT2D eigenvalue weighted by Gasteiger charge is -2.11. The average Bonchev–Trinajstić information content (AvgIpc) is 3.47. The molecule has 1 aliphatic rings. The number of carbonyl (C=O) groups is 1. The van der Waals surface area contributed by atoms with E-state index in [1.165, 1.54) is 30.6 Å². The Morgan fingerprint density at radius 1 is 1.18 bits per heavy atom. The van der Waals surface area contributed by atoms with Crippen LogP contribution in [-0.4, -0.2) is 57.7 Å². The minimum Gasteiger partial charge on any atom is -0.392 e. The van der Waals surface area contributed by atoms with E-state index >= 15 is 0 Å². The van der Waals surface area contributed by atoms with Gasteiger partial charge in [-0.15, -0.1) is 0 Å². The second-order valence-electron chi connectivity index (χ2n) is 7.66. The zero-order valence-corrected chi connectivity index (χ0v) is 20.4. The zero-order chi connectivity index (χ0) is 23.7. The highest BCUT2D eigenvalue weighted by Gasteiger charge is 2.22. The number of benzene rings is 1. The van der Waals surface area contributed by atoms with Crippen LogP contribution in [0.2, 0.25) is 0 Å². The molecule has 1 N–H and O–H groups in total. The van der Waals surface area contributed by atoms with E-state index in [-0.39, 0.29) is 22.5 Å². The Morgan fingerprint density at radius 3 is 2.58 bits per heavy atom. The summed E-state index contributed by atoms with van der Waals surface area (Å²) >= 11 is 1.30. The molecule has 180 valence electrons. The molecule has 0 aliphatic heterocycles. The van der Waals surface area contributed by atoms with Crippen molar-refractivity contribution in [1.82, 2.24) is 4.98 Å². The fraction of sp³-hybridized carbons (Fsp3) is 0.500. The fourth-order valence-electron chi connectivity index (χ4n) is 3.41. The van der Waals surface area contributed by atoms with Crippen LogP contribution in [0, 0.1) is 0 Å². The number of nitrogens with zero attached hydrogens (tertiary/aromatic N) is 2. The Kier molecular flexibility index (Phi) is 9.36. The predicted octanol–water partition coefficient (Wildman–Crippen LogP) is 3.40. The van der Waals surface area contributed by atoms with Gasteiger partial charge in [-0.1, -0.05) is 28.6 Å². The van der Waals surface area contributed by atoms with Gasteiger partial charge in [0.15, 0.2) is 20.7 Å². The molecule has 9 nitrogen and oxygen atoms in total. The lowest BCUT2D eigenvalue weighted by Crippen LogP contribution is -2.25. The van der Waals surface area contributed by atoms with E-state index < -0.39 is 15.7 Å². The van der Waals surface area contributed by atoms with Gasteiger partial charge in [-0.2, -0.15) is 0 Å². The summed E-state index contributed by atoms with van der Waals surface area (Å²) in [7, 11) is -0.323. The maximum absolute atomic E-state index is 13.0.